The summed E-state index contributed by atoms with van der Waals surface area (Å²) in [5.74, 6) is 0. The van der Waals surface area contributed by atoms with Crippen molar-refractivity contribution >= 4 is 34.0 Å². The van der Waals surface area contributed by atoms with Crippen LogP contribution in [0.25, 0.3) is 10.9 Å². The lowest BCUT2D eigenvalue weighted by atomic mass is 10.1. The lowest BCUT2D eigenvalue weighted by Gasteiger charge is -2.11. The molecular weight excluding hydrogens is 417 g/mol. The fourth-order valence-electron chi connectivity index (χ4n) is 2.52. The second-order valence-corrected chi connectivity index (χ2v) is 6.71. The molecule has 150 valence electrons. The van der Waals surface area contributed by atoms with Gasteiger partial charge >= 0.3 is 6.18 Å². The molecule has 0 spiro atoms. The minimum Gasteiger partial charge on any atom is -0.290 e. The molecule has 0 fully saturated rings. The number of hydrogen-bond donors (Lipinski definition) is 0. The maximum atomic E-state index is 13.0. The van der Waals surface area contributed by atoms with Crippen molar-refractivity contribution in [2.24, 2.45) is 7.05 Å². The molecule has 3 aromatic rings. The van der Waals surface area contributed by atoms with E-state index >= 15 is 0 Å². The van der Waals surface area contributed by atoms with Crippen LogP contribution in [0.1, 0.15) is 5.56 Å². The van der Waals surface area contributed by atoms with Gasteiger partial charge in [-0.3, -0.25) is 29.6 Å². The van der Waals surface area contributed by atoms with Gasteiger partial charge in [0.25, 0.3) is 16.9 Å². The van der Waals surface area contributed by atoms with Gasteiger partial charge in [-0.25, -0.2) is 4.98 Å². The topological polar surface area (TPSA) is 121 Å². The molecule has 9 nitrogen and oxygen atoms in total. The highest BCUT2D eigenvalue weighted by Crippen LogP contribution is 2.44. The first kappa shape index (κ1) is 20.3. The third kappa shape index (κ3) is 3.76. The van der Waals surface area contributed by atoms with Gasteiger partial charge in [0.1, 0.15) is 0 Å². The van der Waals surface area contributed by atoms with Crippen LogP contribution in [0.2, 0.25) is 0 Å². The molecule has 1 heterocycles. The molecule has 0 saturated carbocycles. The first-order valence-electron chi connectivity index (χ1n) is 7.68. The standard InChI is InChI=1S/C16H9F3N4O5S/c1-21-14(24)9-4-2-3-5-10(9)20-15(21)29-13-11(22(25)26)6-8(16(17,18)19)7-12(13)23(27)28/h2-7H,1H3. The zero-order chi connectivity index (χ0) is 21.5. The molecule has 3 rings (SSSR count). The molecule has 1 aromatic heterocycles. The minimum atomic E-state index is -5.02. The monoisotopic (exact) mass is 426 g/mol. The van der Waals surface area contributed by atoms with Crippen LogP contribution in [0.15, 0.2) is 51.2 Å². The Kier molecular flexibility index (Phi) is 5.00. The summed E-state index contributed by atoms with van der Waals surface area (Å²) in [6.45, 7) is 0. The van der Waals surface area contributed by atoms with E-state index in [0.29, 0.717) is 11.8 Å². The summed E-state index contributed by atoms with van der Waals surface area (Å²) >= 11 is 0.374. The fourth-order valence-corrected chi connectivity index (χ4v) is 3.54. The van der Waals surface area contributed by atoms with E-state index in [9.17, 15) is 38.2 Å². The van der Waals surface area contributed by atoms with Crippen molar-refractivity contribution in [2.45, 2.75) is 16.2 Å². The molecule has 0 atom stereocenters. The van der Waals surface area contributed by atoms with Crippen molar-refractivity contribution in [3.05, 3.63) is 72.5 Å². The Hall–Kier alpha value is -3.48. The van der Waals surface area contributed by atoms with Gasteiger partial charge in [-0.15, -0.1) is 0 Å². The lowest BCUT2D eigenvalue weighted by Crippen LogP contribution is -2.20. The van der Waals surface area contributed by atoms with Crippen molar-refractivity contribution in [3.8, 4) is 0 Å². The van der Waals surface area contributed by atoms with Crippen LogP contribution >= 0.6 is 11.8 Å². The number of para-hydroxylation sites is 1. The Balaban J connectivity index is 2.28. The average Bonchev–Trinajstić information content (AvgIpc) is 2.64. The summed E-state index contributed by atoms with van der Waals surface area (Å²) in [5.41, 5.74) is -4.04. The first-order chi connectivity index (χ1) is 13.5. The van der Waals surface area contributed by atoms with Crippen molar-refractivity contribution in [3.63, 3.8) is 0 Å². The summed E-state index contributed by atoms with van der Waals surface area (Å²) in [4.78, 5) is 36.3. The second-order valence-electron chi connectivity index (χ2n) is 5.73. The van der Waals surface area contributed by atoms with Crippen LogP contribution < -0.4 is 5.56 Å². The highest BCUT2D eigenvalue weighted by atomic mass is 32.2. The number of nitrogens with zero attached hydrogens (tertiary/aromatic N) is 4. The number of rotatable bonds is 4. The number of alkyl halides is 3. The third-order valence-corrected chi connectivity index (χ3v) is 5.08. The first-order valence-corrected chi connectivity index (χ1v) is 8.50. The fraction of sp³-hybridized carbons (Fsp3) is 0.125. The Labute approximate surface area is 163 Å². The smallest absolute Gasteiger partial charge is 0.290 e. The minimum absolute atomic E-state index is 0.153. The molecule has 0 N–H and O–H groups in total. The van der Waals surface area contributed by atoms with Gasteiger partial charge in [0.2, 0.25) is 0 Å². The number of nitro groups is 2. The van der Waals surface area contributed by atoms with E-state index in [1.54, 1.807) is 12.1 Å². The molecule has 0 bridgehead atoms. The van der Waals surface area contributed by atoms with Crippen molar-refractivity contribution < 1.29 is 23.0 Å². The predicted octanol–water partition coefficient (Wildman–Crippen LogP) is 3.92. The number of fused-ring (bicyclic) bond motifs is 1. The van der Waals surface area contributed by atoms with Gasteiger partial charge in [0, 0.05) is 19.2 Å². The zero-order valence-electron chi connectivity index (χ0n) is 14.3. The number of hydrogen-bond acceptors (Lipinski definition) is 7. The normalized spacial score (nSPS) is 11.6. The Morgan fingerprint density at radius 1 is 1.07 bits per heavy atom. The molecule has 13 heteroatoms. The molecule has 0 saturated heterocycles. The molecule has 0 aliphatic heterocycles. The summed E-state index contributed by atoms with van der Waals surface area (Å²) < 4.78 is 40.1. The molecule has 2 aromatic carbocycles. The van der Waals surface area contributed by atoms with Gasteiger partial charge in [-0.1, -0.05) is 12.1 Å². The molecule has 0 amide bonds. The zero-order valence-corrected chi connectivity index (χ0v) is 15.2. The Morgan fingerprint density at radius 3 is 2.14 bits per heavy atom. The van der Waals surface area contributed by atoms with Crippen LogP contribution in [-0.2, 0) is 13.2 Å². The van der Waals surface area contributed by atoms with E-state index in [2.05, 4.69) is 4.98 Å². The number of benzene rings is 2. The summed E-state index contributed by atoms with van der Waals surface area (Å²) in [5, 5.41) is 22.8. The van der Waals surface area contributed by atoms with E-state index < -0.39 is 43.4 Å². The van der Waals surface area contributed by atoms with Gasteiger partial charge in [0.15, 0.2) is 10.1 Å². The molecule has 29 heavy (non-hydrogen) atoms. The lowest BCUT2D eigenvalue weighted by molar-refractivity contribution is -0.400. The van der Waals surface area contributed by atoms with Crippen LogP contribution in [0.5, 0.6) is 0 Å². The molecular formula is C16H9F3N4O5S. The average molecular weight is 426 g/mol. The second kappa shape index (κ2) is 7.16. The maximum absolute atomic E-state index is 13.0. The quantitative estimate of drug-likeness (QED) is 0.352. The largest absolute Gasteiger partial charge is 0.416 e. The highest BCUT2D eigenvalue weighted by molar-refractivity contribution is 7.99. The van der Waals surface area contributed by atoms with E-state index in [0.717, 1.165) is 4.57 Å². The number of halogens is 3. The predicted molar refractivity (Wildman–Crippen MR) is 95.9 cm³/mol. The van der Waals surface area contributed by atoms with E-state index in [1.165, 1.54) is 19.2 Å². The highest BCUT2D eigenvalue weighted by Gasteiger charge is 2.38. The van der Waals surface area contributed by atoms with Gasteiger partial charge in [-0.2, -0.15) is 13.2 Å². The third-order valence-electron chi connectivity index (χ3n) is 3.91. The Bertz CT molecular complexity index is 1190. The van der Waals surface area contributed by atoms with Crippen molar-refractivity contribution in [1.82, 2.24) is 9.55 Å². The number of aromatic nitrogens is 2. The van der Waals surface area contributed by atoms with Gasteiger partial charge in [0.05, 0.1) is 26.3 Å². The van der Waals surface area contributed by atoms with Crippen molar-refractivity contribution in [2.75, 3.05) is 0 Å². The van der Waals surface area contributed by atoms with Crippen LogP contribution in [0.4, 0.5) is 24.5 Å². The van der Waals surface area contributed by atoms with Crippen LogP contribution in [-0.4, -0.2) is 19.4 Å². The summed E-state index contributed by atoms with van der Waals surface area (Å²) in [6, 6.07) is 6.62. The summed E-state index contributed by atoms with van der Waals surface area (Å²) in [7, 11) is 1.30. The Morgan fingerprint density at radius 2 is 1.62 bits per heavy atom. The van der Waals surface area contributed by atoms with Gasteiger partial charge < -0.3 is 0 Å². The van der Waals surface area contributed by atoms with E-state index in [-0.39, 0.29) is 28.2 Å². The molecule has 0 radical (unpaired) electrons. The van der Waals surface area contributed by atoms with E-state index in [4.69, 9.17) is 0 Å². The summed E-state index contributed by atoms with van der Waals surface area (Å²) in [6.07, 6.45) is -5.02. The number of nitro benzene ring substituents is 2. The molecule has 0 unspecified atom stereocenters. The van der Waals surface area contributed by atoms with Gasteiger partial charge in [-0.05, 0) is 23.9 Å². The maximum Gasteiger partial charge on any atom is 0.416 e. The van der Waals surface area contributed by atoms with Crippen LogP contribution in [0, 0.1) is 20.2 Å². The van der Waals surface area contributed by atoms with E-state index in [1.807, 2.05) is 0 Å². The van der Waals surface area contributed by atoms with Crippen molar-refractivity contribution in [1.29, 1.82) is 0 Å². The molecule has 0 aliphatic carbocycles. The molecule has 0 aliphatic rings. The van der Waals surface area contributed by atoms with Crippen LogP contribution in [0.3, 0.4) is 0 Å². The SMILES string of the molecule is Cn1c(Sc2c([N+](=O)[O-])cc(C(F)(F)F)cc2[N+](=O)[O-])nc2ccccc2c1=O.